The molecular weight excluding hydrogens is 194 g/mol. The van der Waals surface area contributed by atoms with Gasteiger partial charge in [0.25, 0.3) is 5.91 Å². The van der Waals surface area contributed by atoms with Crippen molar-refractivity contribution in [3.63, 3.8) is 0 Å². The van der Waals surface area contributed by atoms with Crippen LogP contribution in [0.2, 0.25) is 19.6 Å². The van der Waals surface area contributed by atoms with Crippen molar-refractivity contribution in [2.45, 2.75) is 39.0 Å². The molecule has 0 rings (SSSR count). The zero-order valence-corrected chi connectivity index (χ0v) is 10.6. The first-order valence-electron chi connectivity index (χ1n) is 4.62. The predicted molar refractivity (Wildman–Crippen MR) is 60.4 cm³/mol. The third-order valence-electron chi connectivity index (χ3n) is 1.40. The monoisotopic (exact) mass is 213 g/mol. The molecule has 0 saturated carbocycles. The Kier molecular flexibility index (Phi) is 4.36. The lowest BCUT2D eigenvalue weighted by molar-refractivity contribution is -0.117. The topological polar surface area (TPSA) is 49.3 Å². The molecule has 0 aliphatic heterocycles. The third-order valence-corrected chi connectivity index (χ3v) is 2.27. The maximum Gasteiger partial charge on any atom is 0.295 e. The van der Waals surface area contributed by atoms with Crippen LogP contribution in [0.3, 0.4) is 0 Å². The Morgan fingerprint density at radius 1 is 1.43 bits per heavy atom. The molecule has 0 radical (unpaired) electrons. The molecule has 0 heterocycles. The van der Waals surface area contributed by atoms with Gasteiger partial charge in [0.2, 0.25) is 0 Å². The minimum atomic E-state index is -1.49. The van der Waals surface area contributed by atoms with Crippen molar-refractivity contribution in [1.29, 1.82) is 0 Å². The second-order valence-corrected chi connectivity index (χ2v) is 9.75. The first-order valence-corrected chi connectivity index (χ1v) is 8.12. The molecular formula is C10H19NO2Si. The number of amides is 1. The number of aliphatic hydroxyl groups is 1. The molecule has 3 nitrogen and oxygen atoms in total. The number of carbonyl (C=O) groups is 1. The van der Waals surface area contributed by atoms with Gasteiger partial charge in [-0.25, -0.2) is 0 Å². The molecule has 0 fully saturated rings. The summed E-state index contributed by atoms with van der Waals surface area (Å²) in [5, 5.41) is 11.6. The second kappa shape index (κ2) is 4.62. The van der Waals surface area contributed by atoms with Gasteiger partial charge in [0.15, 0.2) is 0 Å². The predicted octanol–water partition coefficient (Wildman–Crippen LogP) is 0.754. The Morgan fingerprint density at radius 2 is 1.93 bits per heavy atom. The minimum Gasteiger partial charge on any atom is -0.394 e. The van der Waals surface area contributed by atoms with E-state index in [1.165, 1.54) is 0 Å². The molecule has 0 aromatic heterocycles. The smallest absolute Gasteiger partial charge is 0.295 e. The molecule has 14 heavy (non-hydrogen) atoms. The van der Waals surface area contributed by atoms with Gasteiger partial charge in [-0.15, -0.1) is 5.54 Å². The molecule has 0 bridgehead atoms. The SMILES string of the molecule is CC(C)(CO)NC(=O)C#C[Si](C)(C)C. The number of hydrogen-bond acceptors (Lipinski definition) is 2. The molecule has 0 atom stereocenters. The average Bonchev–Trinajstić information content (AvgIpc) is 1.99. The van der Waals surface area contributed by atoms with Crippen molar-refractivity contribution >= 4 is 14.0 Å². The van der Waals surface area contributed by atoms with Gasteiger partial charge in [0.05, 0.1) is 12.1 Å². The van der Waals surface area contributed by atoms with Crippen LogP contribution in [0.15, 0.2) is 0 Å². The maximum absolute atomic E-state index is 11.3. The van der Waals surface area contributed by atoms with E-state index >= 15 is 0 Å². The molecule has 0 aromatic carbocycles. The van der Waals surface area contributed by atoms with E-state index < -0.39 is 13.6 Å². The number of nitrogens with one attached hydrogen (secondary N) is 1. The van der Waals surface area contributed by atoms with E-state index in [-0.39, 0.29) is 12.5 Å². The van der Waals surface area contributed by atoms with E-state index in [0.29, 0.717) is 0 Å². The van der Waals surface area contributed by atoms with Crippen LogP contribution < -0.4 is 5.32 Å². The summed E-state index contributed by atoms with van der Waals surface area (Å²) < 4.78 is 0. The van der Waals surface area contributed by atoms with Crippen LogP contribution in [0.5, 0.6) is 0 Å². The zero-order valence-electron chi connectivity index (χ0n) is 9.56. The maximum atomic E-state index is 11.3. The van der Waals surface area contributed by atoms with Crippen molar-refractivity contribution in [2.75, 3.05) is 6.61 Å². The molecule has 2 N–H and O–H groups in total. The van der Waals surface area contributed by atoms with Crippen LogP contribution in [0.1, 0.15) is 13.8 Å². The van der Waals surface area contributed by atoms with Crippen LogP contribution >= 0.6 is 0 Å². The molecule has 0 spiro atoms. The van der Waals surface area contributed by atoms with E-state index in [2.05, 4.69) is 36.4 Å². The molecule has 0 aliphatic rings. The minimum absolute atomic E-state index is 0.0899. The van der Waals surface area contributed by atoms with Gasteiger partial charge in [-0.2, -0.15) is 0 Å². The summed E-state index contributed by atoms with van der Waals surface area (Å²) >= 11 is 0. The summed E-state index contributed by atoms with van der Waals surface area (Å²) in [7, 11) is -1.49. The summed E-state index contributed by atoms with van der Waals surface area (Å²) in [6, 6.07) is 0. The Hall–Kier alpha value is -0.793. The zero-order chi connectivity index (χ0) is 11.4. The first kappa shape index (κ1) is 13.2. The Bertz CT molecular complexity index is 268. The summed E-state index contributed by atoms with van der Waals surface area (Å²) in [6.45, 7) is 9.63. The Labute approximate surface area is 86.9 Å². The number of rotatable bonds is 2. The standard InChI is InChI=1S/C10H19NO2Si/c1-10(2,8-12)11-9(13)6-7-14(3,4)5/h12H,8H2,1-5H3,(H,11,13). The highest BCUT2D eigenvalue weighted by Crippen LogP contribution is 1.99. The lowest BCUT2D eigenvalue weighted by Crippen LogP contribution is -2.45. The lowest BCUT2D eigenvalue weighted by atomic mass is 10.1. The van der Waals surface area contributed by atoms with Crippen LogP contribution in [-0.2, 0) is 4.79 Å². The van der Waals surface area contributed by atoms with Crippen LogP contribution in [0.25, 0.3) is 0 Å². The highest BCUT2D eigenvalue weighted by molar-refractivity contribution is 6.84. The van der Waals surface area contributed by atoms with Gasteiger partial charge >= 0.3 is 0 Å². The van der Waals surface area contributed by atoms with Crippen molar-refractivity contribution in [2.24, 2.45) is 0 Å². The molecule has 0 aliphatic carbocycles. The normalized spacial score (nSPS) is 11.6. The number of hydrogen-bond donors (Lipinski definition) is 2. The fraction of sp³-hybridized carbons (Fsp3) is 0.700. The summed E-state index contributed by atoms with van der Waals surface area (Å²) in [6.07, 6.45) is 0. The van der Waals surface area contributed by atoms with E-state index in [0.717, 1.165) is 0 Å². The molecule has 0 unspecified atom stereocenters. The number of aliphatic hydroxyl groups excluding tert-OH is 1. The summed E-state index contributed by atoms with van der Waals surface area (Å²) in [5.41, 5.74) is 2.37. The summed E-state index contributed by atoms with van der Waals surface area (Å²) in [5.74, 6) is 2.25. The van der Waals surface area contributed by atoms with Crippen molar-refractivity contribution < 1.29 is 9.90 Å². The van der Waals surface area contributed by atoms with E-state index in [1.807, 2.05) is 0 Å². The van der Waals surface area contributed by atoms with E-state index in [9.17, 15) is 4.79 Å². The van der Waals surface area contributed by atoms with Crippen LogP contribution in [-0.4, -0.2) is 31.2 Å². The quantitative estimate of drug-likeness (QED) is 0.525. The fourth-order valence-corrected chi connectivity index (χ4v) is 1.11. The lowest BCUT2D eigenvalue weighted by Gasteiger charge is -2.21. The van der Waals surface area contributed by atoms with Gasteiger partial charge in [-0.3, -0.25) is 4.79 Å². The van der Waals surface area contributed by atoms with Crippen LogP contribution in [0, 0.1) is 11.5 Å². The highest BCUT2D eigenvalue weighted by Gasteiger charge is 2.18. The molecule has 1 amide bonds. The first-order chi connectivity index (χ1) is 6.16. The van der Waals surface area contributed by atoms with E-state index in [4.69, 9.17) is 5.11 Å². The van der Waals surface area contributed by atoms with Crippen molar-refractivity contribution in [3.8, 4) is 11.5 Å². The van der Waals surface area contributed by atoms with Crippen LogP contribution in [0.4, 0.5) is 0 Å². The number of carbonyl (C=O) groups excluding carboxylic acids is 1. The molecule has 4 heteroatoms. The highest BCUT2D eigenvalue weighted by atomic mass is 28.3. The van der Waals surface area contributed by atoms with Crippen molar-refractivity contribution in [3.05, 3.63) is 0 Å². The average molecular weight is 213 g/mol. The van der Waals surface area contributed by atoms with Gasteiger partial charge in [-0.1, -0.05) is 19.6 Å². The van der Waals surface area contributed by atoms with Gasteiger partial charge in [0.1, 0.15) is 8.07 Å². The second-order valence-electron chi connectivity index (χ2n) is 5.00. The Morgan fingerprint density at radius 3 is 2.29 bits per heavy atom. The summed E-state index contributed by atoms with van der Waals surface area (Å²) in [4.78, 5) is 11.3. The van der Waals surface area contributed by atoms with Crippen molar-refractivity contribution in [1.82, 2.24) is 5.32 Å². The molecule has 80 valence electrons. The van der Waals surface area contributed by atoms with Gasteiger partial charge in [-0.05, 0) is 19.8 Å². The fourth-order valence-electron chi connectivity index (χ4n) is 0.622. The largest absolute Gasteiger partial charge is 0.394 e. The van der Waals surface area contributed by atoms with Gasteiger partial charge in [0, 0.05) is 0 Å². The molecule has 0 aromatic rings. The third kappa shape index (κ3) is 6.69. The Balaban J connectivity index is 4.30. The molecule has 0 saturated heterocycles. The van der Waals surface area contributed by atoms with E-state index in [1.54, 1.807) is 13.8 Å². The van der Waals surface area contributed by atoms with Gasteiger partial charge < -0.3 is 10.4 Å².